The molecule has 1 saturated heterocycles. The highest BCUT2D eigenvalue weighted by Gasteiger charge is 2.27. The molecule has 1 amide bonds. The fourth-order valence-electron chi connectivity index (χ4n) is 2.49. The Bertz CT molecular complexity index is 639. The van der Waals surface area contributed by atoms with Gasteiger partial charge in [-0.15, -0.1) is 11.3 Å². The van der Waals surface area contributed by atoms with Gasteiger partial charge in [0.2, 0.25) is 0 Å². The summed E-state index contributed by atoms with van der Waals surface area (Å²) >= 11 is 1.43. The van der Waals surface area contributed by atoms with Gasteiger partial charge in [0.05, 0.1) is 18.8 Å². The van der Waals surface area contributed by atoms with E-state index in [1.54, 1.807) is 0 Å². The molecule has 1 fully saturated rings. The van der Waals surface area contributed by atoms with Crippen LogP contribution in [0.1, 0.15) is 46.9 Å². The van der Waals surface area contributed by atoms with Crippen molar-refractivity contribution in [2.24, 2.45) is 0 Å². The second-order valence-corrected chi connectivity index (χ2v) is 6.61. The SMILES string of the molecule is CC(C)c1csc(C(=O)N2CCO[C@@H](c3ccccc3)C2)n1. The van der Waals surface area contributed by atoms with E-state index < -0.39 is 0 Å². The first-order chi connectivity index (χ1) is 10.6. The predicted molar refractivity (Wildman–Crippen MR) is 87.2 cm³/mol. The van der Waals surface area contributed by atoms with Crippen molar-refractivity contribution in [3.8, 4) is 0 Å². The van der Waals surface area contributed by atoms with E-state index in [1.165, 1.54) is 11.3 Å². The van der Waals surface area contributed by atoms with E-state index in [0.29, 0.717) is 30.6 Å². The number of thiazole rings is 1. The van der Waals surface area contributed by atoms with E-state index in [9.17, 15) is 4.79 Å². The van der Waals surface area contributed by atoms with Crippen molar-refractivity contribution < 1.29 is 9.53 Å². The monoisotopic (exact) mass is 316 g/mol. The zero-order chi connectivity index (χ0) is 15.5. The molecule has 22 heavy (non-hydrogen) atoms. The summed E-state index contributed by atoms with van der Waals surface area (Å²) in [6.45, 7) is 5.94. The summed E-state index contributed by atoms with van der Waals surface area (Å²) in [5.74, 6) is 0.362. The molecule has 0 radical (unpaired) electrons. The number of amides is 1. The Kier molecular flexibility index (Phi) is 4.55. The molecule has 0 unspecified atom stereocenters. The molecule has 4 nitrogen and oxygen atoms in total. The van der Waals surface area contributed by atoms with Crippen molar-refractivity contribution in [2.45, 2.75) is 25.9 Å². The number of morpholine rings is 1. The van der Waals surface area contributed by atoms with Crippen molar-refractivity contribution in [3.63, 3.8) is 0 Å². The average molecular weight is 316 g/mol. The Balaban J connectivity index is 1.72. The number of hydrogen-bond donors (Lipinski definition) is 0. The van der Waals surface area contributed by atoms with E-state index in [0.717, 1.165) is 11.3 Å². The predicted octanol–water partition coefficient (Wildman–Crippen LogP) is 3.48. The van der Waals surface area contributed by atoms with Crippen molar-refractivity contribution >= 4 is 17.2 Å². The van der Waals surface area contributed by atoms with Crippen LogP contribution in [-0.2, 0) is 4.74 Å². The maximum atomic E-state index is 12.6. The van der Waals surface area contributed by atoms with Crippen LogP contribution in [0.4, 0.5) is 0 Å². The lowest BCUT2D eigenvalue weighted by Gasteiger charge is -2.32. The maximum Gasteiger partial charge on any atom is 0.283 e. The van der Waals surface area contributed by atoms with E-state index in [4.69, 9.17) is 4.74 Å². The second-order valence-electron chi connectivity index (χ2n) is 5.75. The minimum atomic E-state index is -0.0524. The molecule has 0 bridgehead atoms. The summed E-state index contributed by atoms with van der Waals surface area (Å²) in [4.78, 5) is 19.0. The van der Waals surface area contributed by atoms with Crippen LogP contribution in [0.3, 0.4) is 0 Å². The third-order valence-electron chi connectivity index (χ3n) is 3.82. The lowest BCUT2D eigenvalue weighted by Crippen LogP contribution is -2.42. The lowest BCUT2D eigenvalue weighted by molar-refractivity contribution is -0.0228. The smallest absolute Gasteiger partial charge is 0.283 e. The number of carbonyl (C=O) groups excluding carboxylic acids is 1. The third kappa shape index (κ3) is 3.20. The van der Waals surface area contributed by atoms with Crippen LogP contribution in [0, 0.1) is 0 Å². The van der Waals surface area contributed by atoms with Crippen LogP contribution in [-0.4, -0.2) is 35.5 Å². The Morgan fingerprint density at radius 2 is 2.14 bits per heavy atom. The van der Waals surface area contributed by atoms with Gasteiger partial charge in [-0.2, -0.15) is 0 Å². The fourth-order valence-corrected chi connectivity index (χ4v) is 3.43. The van der Waals surface area contributed by atoms with Gasteiger partial charge in [-0.25, -0.2) is 4.98 Å². The molecular formula is C17H20N2O2S. The molecule has 3 rings (SSSR count). The summed E-state index contributed by atoms with van der Waals surface area (Å²) in [7, 11) is 0. The molecule has 0 saturated carbocycles. The van der Waals surface area contributed by atoms with Crippen LogP contribution >= 0.6 is 11.3 Å². The topological polar surface area (TPSA) is 42.4 Å². The Hall–Kier alpha value is -1.72. The molecule has 1 aromatic heterocycles. The maximum absolute atomic E-state index is 12.6. The highest BCUT2D eigenvalue weighted by molar-refractivity contribution is 7.11. The first-order valence-corrected chi connectivity index (χ1v) is 8.44. The molecule has 116 valence electrons. The zero-order valence-electron chi connectivity index (χ0n) is 12.9. The number of aromatic nitrogens is 1. The zero-order valence-corrected chi connectivity index (χ0v) is 13.7. The van der Waals surface area contributed by atoms with Gasteiger partial charge in [-0.05, 0) is 11.5 Å². The molecular weight excluding hydrogens is 296 g/mol. The normalized spacial score (nSPS) is 18.7. The highest BCUT2D eigenvalue weighted by Crippen LogP contribution is 2.24. The number of nitrogens with zero attached hydrogens (tertiary/aromatic N) is 2. The molecule has 2 heterocycles. The molecule has 1 atom stereocenters. The molecule has 2 aromatic rings. The van der Waals surface area contributed by atoms with Crippen molar-refractivity contribution in [1.29, 1.82) is 0 Å². The van der Waals surface area contributed by atoms with Gasteiger partial charge in [0.25, 0.3) is 5.91 Å². The van der Waals surface area contributed by atoms with Gasteiger partial charge in [-0.1, -0.05) is 44.2 Å². The van der Waals surface area contributed by atoms with E-state index in [1.807, 2.05) is 40.6 Å². The van der Waals surface area contributed by atoms with Crippen LogP contribution in [0.2, 0.25) is 0 Å². The van der Waals surface area contributed by atoms with Crippen molar-refractivity contribution in [1.82, 2.24) is 9.88 Å². The van der Waals surface area contributed by atoms with Gasteiger partial charge in [0.1, 0.15) is 6.10 Å². The quantitative estimate of drug-likeness (QED) is 0.870. The lowest BCUT2D eigenvalue weighted by atomic mass is 10.1. The minimum Gasteiger partial charge on any atom is -0.370 e. The molecule has 5 heteroatoms. The van der Waals surface area contributed by atoms with Gasteiger partial charge in [-0.3, -0.25) is 4.79 Å². The molecule has 0 spiro atoms. The van der Waals surface area contributed by atoms with Gasteiger partial charge in [0.15, 0.2) is 5.01 Å². The summed E-state index contributed by atoms with van der Waals surface area (Å²) in [5.41, 5.74) is 2.10. The molecule has 0 aliphatic carbocycles. The van der Waals surface area contributed by atoms with Crippen molar-refractivity contribution in [2.75, 3.05) is 19.7 Å². The molecule has 1 aromatic carbocycles. The minimum absolute atomic E-state index is 0.0149. The first kappa shape index (κ1) is 15.2. The largest absolute Gasteiger partial charge is 0.370 e. The van der Waals surface area contributed by atoms with Crippen molar-refractivity contribution in [3.05, 3.63) is 52.0 Å². The summed E-state index contributed by atoms with van der Waals surface area (Å²) in [5, 5.41) is 2.56. The fraction of sp³-hybridized carbons (Fsp3) is 0.412. The number of benzene rings is 1. The molecule has 0 N–H and O–H groups in total. The van der Waals surface area contributed by atoms with Crippen LogP contribution in [0.15, 0.2) is 35.7 Å². The van der Waals surface area contributed by atoms with Crippen LogP contribution < -0.4 is 0 Å². The Morgan fingerprint density at radius 3 is 2.82 bits per heavy atom. The third-order valence-corrected chi connectivity index (χ3v) is 4.67. The molecule has 1 aliphatic rings. The highest BCUT2D eigenvalue weighted by atomic mass is 32.1. The first-order valence-electron chi connectivity index (χ1n) is 7.56. The molecule has 1 aliphatic heterocycles. The summed E-state index contributed by atoms with van der Waals surface area (Å²) in [6.07, 6.45) is -0.0524. The number of carbonyl (C=O) groups is 1. The number of hydrogen-bond acceptors (Lipinski definition) is 4. The number of ether oxygens (including phenoxy) is 1. The van der Waals surface area contributed by atoms with E-state index in [-0.39, 0.29) is 12.0 Å². The van der Waals surface area contributed by atoms with E-state index in [2.05, 4.69) is 18.8 Å². The van der Waals surface area contributed by atoms with Gasteiger partial charge < -0.3 is 9.64 Å². The summed E-state index contributed by atoms with van der Waals surface area (Å²) in [6, 6.07) is 10.1. The average Bonchev–Trinajstić information content (AvgIpc) is 3.05. The Labute approximate surface area is 134 Å². The standard InChI is InChI=1S/C17H20N2O2S/c1-12(2)14-11-22-16(18-14)17(20)19-8-9-21-15(10-19)13-6-4-3-5-7-13/h3-7,11-12,15H,8-10H2,1-2H3/t15-/m1/s1. The summed E-state index contributed by atoms with van der Waals surface area (Å²) < 4.78 is 5.81. The second kappa shape index (κ2) is 6.58. The Morgan fingerprint density at radius 1 is 1.36 bits per heavy atom. The van der Waals surface area contributed by atoms with Crippen LogP contribution in [0.25, 0.3) is 0 Å². The van der Waals surface area contributed by atoms with Gasteiger partial charge >= 0.3 is 0 Å². The van der Waals surface area contributed by atoms with Gasteiger partial charge in [0, 0.05) is 11.9 Å². The van der Waals surface area contributed by atoms with E-state index >= 15 is 0 Å². The number of rotatable bonds is 3. The van der Waals surface area contributed by atoms with Crippen LogP contribution in [0.5, 0.6) is 0 Å².